The van der Waals surface area contributed by atoms with Crippen molar-refractivity contribution in [2.75, 3.05) is 0 Å². The first-order valence-electron chi connectivity index (χ1n) is 4.45. The van der Waals surface area contributed by atoms with E-state index in [1.165, 1.54) is 6.07 Å². The Kier molecular flexibility index (Phi) is 5.72. The molecule has 0 amide bonds. The van der Waals surface area contributed by atoms with Crippen LogP contribution in [0.4, 0.5) is 8.78 Å². The van der Waals surface area contributed by atoms with E-state index in [9.17, 15) is 13.9 Å². The number of benzene rings is 1. The van der Waals surface area contributed by atoms with E-state index in [4.69, 9.17) is 5.73 Å². The second-order valence-electron chi connectivity index (χ2n) is 3.15. The van der Waals surface area contributed by atoms with E-state index in [1.807, 2.05) is 0 Å². The first-order valence-corrected chi connectivity index (χ1v) is 4.45. The summed E-state index contributed by atoms with van der Waals surface area (Å²) in [5.74, 6) is -1.53. The van der Waals surface area contributed by atoms with Crippen molar-refractivity contribution in [3.05, 3.63) is 35.4 Å². The summed E-state index contributed by atoms with van der Waals surface area (Å²) in [6.07, 6.45) is -0.837. The molecule has 0 bridgehead atoms. The van der Waals surface area contributed by atoms with Crippen molar-refractivity contribution in [2.24, 2.45) is 5.73 Å². The van der Waals surface area contributed by atoms with Crippen LogP contribution in [-0.4, -0.2) is 11.1 Å². The summed E-state index contributed by atoms with van der Waals surface area (Å²) in [7, 11) is 0. The van der Waals surface area contributed by atoms with Gasteiger partial charge in [-0.25, -0.2) is 8.78 Å². The SMILES string of the molecule is CCC(N)C(O)c1c(F)cccc1F.Cl. The van der Waals surface area contributed by atoms with Crippen LogP contribution in [0.5, 0.6) is 0 Å². The van der Waals surface area contributed by atoms with Gasteiger partial charge in [0, 0.05) is 6.04 Å². The molecule has 0 saturated heterocycles. The van der Waals surface area contributed by atoms with Gasteiger partial charge < -0.3 is 10.8 Å². The normalized spacial score (nSPS) is 14.2. The highest BCUT2D eigenvalue weighted by atomic mass is 35.5. The zero-order chi connectivity index (χ0) is 10.7. The molecule has 2 unspecified atom stereocenters. The Bertz CT molecular complexity index is 302. The van der Waals surface area contributed by atoms with Gasteiger partial charge in [0.2, 0.25) is 0 Å². The number of nitrogens with two attached hydrogens (primary N) is 1. The molecule has 0 aliphatic heterocycles. The number of rotatable bonds is 3. The van der Waals surface area contributed by atoms with E-state index >= 15 is 0 Å². The molecular formula is C10H14ClF2NO. The highest BCUT2D eigenvalue weighted by molar-refractivity contribution is 5.85. The fraction of sp³-hybridized carbons (Fsp3) is 0.400. The number of aliphatic hydroxyl groups is 1. The molecule has 0 fully saturated rings. The standard InChI is InChI=1S/C10H13F2NO.ClH/c1-2-8(13)10(14)9-6(11)4-3-5-7(9)12;/h3-5,8,10,14H,2,13H2,1H3;1H. The highest BCUT2D eigenvalue weighted by Gasteiger charge is 2.22. The van der Waals surface area contributed by atoms with Crippen molar-refractivity contribution in [1.82, 2.24) is 0 Å². The van der Waals surface area contributed by atoms with Crippen LogP contribution in [0.2, 0.25) is 0 Å². The van der Waals surface area contributed by atoms with E-state index in [-0.39, 0.29) is 18.0 Å². The predicted octanol–water partition coefficient (Wildman–Crippen LogP) is 2.16. The fourth-order valence-corrected chi connectivity index (χ4v) is 1.23. The van der Waals surface area contributed by atoms with E-state index in [0.29, 0.717) is 6.42 Å². The van der Waals surface area contributed by atoms with Crippen molar-refractivity contribution >= 4 is 12.4 Å². The zero-order valence-electron chi connectivity index (χ0n) is 8.28. The van der Waals surface area contributed by atoms with E-state index in [2.05, 4.69) is 0 Å². The summed E-state index contributed by atoms with van der Waals surface area (Å²) in [5.41, 5.74) is 5.16. The van der Waals surface area contributed by atoms with E-state index in [1.54, 1.807) is 6.92 Å². The monoisotopic (exact) mass is 237 g/mol. The van der Waals surface area contributed by atoms with Gasteiger partial charge in [-0.1, -0.05) is 13.0 Å². The minimum atomic E-state index is -1.29. The first-order chi connectivity index (χ1) is 6.57. The van der Waals surface area contributed by atoms with Gasteiger partial charge in [-0.2, -0.15) is 0 Å². The molecule has 0 heterocycles. The van der Waals surface area contributed by atoms with Gasteiger partial charge in [0.15, 0.2) is 0 Å². The summed E-state index contributed by atoms with van der Waals surface area (Å²) in [4.78, 5) is 0. The van der Waals surface area contributed by atoms with E-state index in [0.717, 1.165) is 12.1 Å². The minimum absolute atomic E-state index is 0. The van der Waals surface area contributed by atoms with Crippen molar-refractivity contribution in [1.29, 1.82) is 0 Å². The Hall–Kier alpha value is -0.710. The minimum Gasteiger partial charge on any atom is -0.387 e. The van der Waals surface area contributed by atoms with Crippen LogP contribution >= 0.6 is 12.4 Å². The van der Waals surface area contributed by atoms with Crippen LogP contribution in [0.1, 0.15) is 25.0 Å². The lowest BCUT2D eigenvalue weighted by Crippen LogP contribution is -2.28. The molecule has 0 spiro atoms. The second-order valence-corrected chi connectivity index (χ2v) is 3.15. The number of hydrogen-bond donors (Lipinski definition) is 2. The molecule has 0 aliphatic rings. The molecule has 1 aromatic rings. The molecule has 3 N–H and O–H groups in total. The lowest BCUT2D eigenvalue weighted by molar-refractivity contribution is 0.135. The van der Waals surface area contributed by atoms with Crippen LogP contribution in [0.3, 0.4) is 0 Å². The van der Waals surface area contributed by atoms with Gasteiger partial charge in [0.25, 0.3) is 0 Å². The van der Waals surface area contributed by atoms with Crippen molar-refractivity contribution in [3.8, 4) is 0 Å². The highest BCUT2D eigenvalue weighted by Crippen LogP contribution is 2.23. The topological polar surface area (TPSA) is 46.2 Å². The molecule has 15 heavy (non-hydrogen) atoms. The summed E-state index contributed by atoms with van der Waals surface area (Å²) in [5, 5.41) is 9.55. The Balaban J connectivity index is 0.00000196. The van der Waals surface area contributed by atoms with Gasteiger partial charge >= 0.3 is 0 Å². The Morgan fingerprint density at radius 3 is 2.20 bits per heavy atom. The molecule has 2 atom stereocenters. The van der Waals surface area contributed by atoms with Crippen LogP contribution in [0.15, 0.2) is 18.2 Å². The third-order valence-electron chi connectivity index (χ3n) is 2.17. The van der Waals surface area contributed by atoms with Gasteiger partial charge in [-0.05, 0) is 18.6 Å². The average molecular weight is 238 g/mol. The fourth-order valence-electron chi connectivity index (χ4n) is 1.23. The van der Waals surface area contributed by atoms with Crippen molar-refractivity contribution in [2.45, 2.75) is 25.5 Å². The molecule has 2 nitrogen and oxygen atoms in total. The largest absolute Gasteiger partial charge is 0.387 e. The summed E-state index contributed by atoms with van der Waals surface area (Å²) in [6, 6.07) is 2.80. The first kappa shape index (κ1) is 14.3. The lowest BCUT2D eigenvalue weighted by Gasteiger charge is -2.18. The molecule has 86 valence electrons. The molecule has 0 saturated carbocycles. The Labute approximate surface area is 93.5 Å². The molecular weight excluding hydrogens is 224 g/mol. The maximum atomic E-state index is 13.1. The summed E-state index contributed by atoms with van der Waals surface area (Å²) >= 11 is 0. The van der Waals surface area contributed by atoms with Crippen molar-refractivity contribution < 1.29 is 13.9 Å². The molecule has 0 radical (unpaired) electrons. The van der Waals surface area contributed by atoms with Crippen LogP contribution in [0.25, 0.3) is 0 Å². The number of halogens is 3. The van der Waals surface area contributed by atoms with Gasteiger partial charge in [-0.3, -0.25) is 0 Å². The van der Waals surface area contributed by atoms with Crippen LogP contribution < -0.4 is 5.73 Å². The third-order valence-corrected chi connectivity index (χ3v) is 2.17. The van der Waals surface area contributed by atoms with Crippen molar-refractivity contribution in [3.63, 3.8) is 0 Å². The predicted molar refractivity (Wildman–Crippen MR) is 56.8 cm³/mol. The molecule has 0 aliphatic carbocycles. The quantitative estimate of drug-likeness (QED) is 0.846. The summed E-state index contributed by atoms with van der Waals surface area (Å²) < 4.78 is 26.3. The lowest BCUT2D eigenvalue weighted by atomic mass is 10.00. The van der Waals surface area contributed by atoms with Gasteiger partial charge in [0.1, 0.15) is 11.6 Å². The molecule has 1 rings (SSSR count). The average Bonchev–Trinajstić information content (AvgIpc) is 2.16. The molecule has 0 aromatic heterocycles. The van der Waals surface area contributed by atoms with E-state index < -0.39 is 23.8 Å². The summed E-state index contributed by atoms with van der Waals surface area (Å²) in [6.45, 7) is 1.74. The Morgan fingerprint density at radius 1 is 1.33 bits per heavy atom. The van der Waals surface area contributed by atoms with Gasteiger partial charge in [-0.15, -0.1) is 12.4 Å². The second kappa shape index (κ2) is 6.00. The van der Waals surface area contributed by atoms with Crippen LogP contribution in [0, 0.1) is 11.6 Å². The smallest absolute Gasteiger partial charge is 0.132 e. The number of aliphatic hydroxyl groups excluding tert-OH is 1. The number of hydrogen-bond acceptors (Lipinski definition) is 2. The Morgan fingerprint density at radius 2 is 1.80 bits per heavy atom. The maximum Gasteiger partial charge on any atom is 0.132 e. The zero-order valence-corrected chi connectivity index (χ0v) is 9.10. The van der Waals surface area contributed by atoms with Crippen LogP contribution in [-0.2, 0) is 0 Å². The molecule has 1 aromatic carbocycles. The third kappa shape index (κ3) is 3.12. The maximum absolute atomic E-state index is 13.1. The molecule has 5 heteroatoms. The van der Waals surface area contributed by atoms with Gasteiger partial charge in [0.05, 0.1) is 11.7 Å².